The highest BCUT2D eigenvalue weighted by Crippen LogP contribution is 2.35. The summed E-state index contributed by atoms with van der Waals surface area (Å²) in [5.74, 6) is -1.27. The topological polar surface area (TPSA) is 106 Å². The molecule has 1 aliphatic rings. The van der Waals surface area contributed by atoms with E-state index < -0.39 is 5.97 Å². The normalized spacial score (nSPS) is 15.2. The van der Waals surface area contributed by atoms with Gasteiger partial charge in [-0.1, -0.05) is 0 Å². The maximum atomic E-state index is 12.7. The van der Waals surface area contributed by atoms with E-state index >= 15 is 0 Å². The minimum Gasteiger partial charge on any atom is -0.477 e. The number of nitrogens with zero attached hydrogens (tertiary/aromatic N) is 2. The third-order valence-corrected chi connectivity index (χ3v) is 4.64. The molecule has 0 atom stereocenters. The van der Waals surface area contributed by atoms with Crippen LogP contribution in [0.2, 0.25) is 0 Å². The van der Waals surface area contributed by atoms with Gasteiger partial charge in [-0.15, -0.1) is 11.3 Å². The molecule has 0 aliphatic carbocycles. The summed E-state index contributed by atoms with van der Waals surface area (Å²) in [7, 11) is 0. The van der Waals surface area contributed by atoms with Crippen LogP contribution in [0.4, 0.5) is 5.69 Å². The maximum Gasteiger partial charge on any atom is 0.348 e. The Balaban J connectivity index is 2.15. The van der Waals surface area contributed by atoms with Crippen LogP contribution >= 0.6 is 11.3 Å². The number of nitrogens with two attached hydrogens (primary N) is 1. The average molecular weight is 321 g/mol. The van der Waals surface area contributed by atoms with Crippen LogP contribution in [0, 0.1) is 6.92 Å². The van der Waals surface area contributed by atoms with Gasteiger partial charge in [-0.2, -0.15) is 0 Å². The molecule has 1 aliphatic heterocycles. The van der Waals surface area contributed by atoms with Crippen LogP contribution in [-0.2, 0) is 4.74 Å². The Bertz CT molecular complexity index is 765. The molecule has 2 aromatic rings. The van der Waals surface area contributed by atoms with E-state index in [2.05, 4.69) is 4.98 Å². The Morgan fingerprint density at radius 3 is 2.73 bits per heavy atom. The zero-order valence-corrected chi connectivity index (χ0v) is 12.8. The number of carboxylic acid groups (broad SMARTS) is 1. The lowest BCUT2D eigenvalue weighted by Gasteiger charge is -2.27. The Morgan fingerprint density at radius 2 is 2.09 bits per heavy atom. The van der Waals surface area contributed by atoms with Crippen molar-refractivity contribution >= 4 is 39.1 Å². The van der Waals surface area contributed by atoms with Crippen LogP contribution in [0.25, 0.3) is 10.2 Å². The molecule has 0 bridgehead atoms. The van der Waals surface area contributed by atoms with Gasteiger partial charge < -0.3 is 20.5 Å². The highest BCUT2D eigenvalue weighted by Gasteiger charge is 2.25. The molecular formula is C14H15N3O4S. The summed E-state index contributed by atoms with van der Waals surface area (Å²) in [6.45, 7) is 3.79. The van der Waals surface area contributed by atoms with Crippen molar-refractivity contribution in [3.63, 3.8) is 0 Å². The first-order chi connectivity index (χ1) is 10.5. The fourth-order valence-corrected chi connectivity index (χ4v) is 3.51. The summed E-state index contributed by atoms with van der Waals surface area (Å²) in [6, 6.07) is 1.66. The van der Waals surface area contributed by atoms with Gasteiger partial charge in [-0.05, 0) is 13.0 Å². The number of aromatic carboxylic acids is 1. The zero-order valence-electron chi connectivity index (χ0n) is 12.0. The lowest BCUT2D eigenvalue weighted by molar-refractivity contribution is 0.0304. The molecule has 0 aromatic carbocycles. The Hall–Kier alpha value is -2.19. The number of aryl methyl sites for hydroxylation is 1. The fourth-order valence-electron chi connectivity index (χ4n) is 2.51. The first kappa shape index (κ1) is 14.7. The van der Waals surface area contributed by atoms with Crippen LogP contribution in [-0.4, -0.2) is 53.2 Å². The monoisotopic (exact) mass is 321 g/mol. The molecule has 1 amide bonds. The number of hydrogen-bond acceptors (Lipinski definition) is 6. The van der Waals surface area contributed by atoms with Crippen molar-refractivity contribution in [1.82, 2.24) is 9.88 Å². The number of carbonyl (C=O) groups is 2. The largest absolute Gasteiger partial charge is 0.477 e. The second-order valence-corrected chi connectivity index (χ2v) is 6.05. The summed E-state index contributed by atoms with van der Waals surface area (Å²) >= 11 is 0.993. The van der Waals surface area contributed by atoms with Crippen molar-refractivity contribution in [3.05, 3.63) is 22.2 Å². The van der Waals surface area contributed by atoms with Gasteiger partial charge >= 0.3 is 5.97 Å². The summed E-state index contributed by atoms with van der Waals surface area (Å²) in [4.78, 5) is 30.5. The number of hydrogen-bond donors (Lipinski definition) is 2. The minimum absolute atomic E-state index is 0.0177. The van der Waals surface area contributed by atoms with Gasteiger partial charge in [0.05, 0.1) is 24.5 Å². The first-order valence-electron chi connectivity index (χ1n) is 6.79. The smallest absolute Gasteiger partial charge is 0.348 e. The third kappa shape index (κ3) is 2.40. The molecule has 8 heteroatoms. The lowest BCUT2D eigenvalue weighted by Crippen LogP contribution is -2.40. The maximum absolute atomic E-state index is 12.7. The highest BCUT2D eigenvalue weighted by atomic mass is 32.1. The van der Waals surface area contributed by atoms with E-state index in [-0.39, 0.29) is 16.5 Å². The van der Waals surface area contributed by atoms with Gasteiger partial charge in [-0.3, -0.25) is 4.79 Å². The Morgan fingerprint density at radius 1 is 1.41 bits per heavy atom. The zero-order chi connectivity index (χ0) is 15.9. The van der Waals surface area contributed by atoms with Gasteiger partial charge in [0.2, 0.25) is 0 Å². The number of nitrogen functional groups attached to an aromatic ring is 1. The van der Waals surface area contributed by atoms with Crippen LogP contribution in [0.3, 0.4) is 0 Å². The summed E-state index contributed by atoms with van der Waals surface area (Å²) < 4.78 is 5.25. The number of carbonyl (C=O) groups excluding carboxylic acids is 1. The van der Waals surface area contributed by atoms with Gasteiger partial charge in [0.15, 0.2) is 0 Å². The molecule has 0 unspecified atom stereocenters. The number of carboxylic acids is 1. The predicted octanol–water partition coefficient (Wildman–Crippen LogP) is 1.36. The summed E-state index contributed by atoms with van der Waals surface area (Å²) in [5.41, 5.74) is 7.12. The molecule has 3 N–H and O–H groups in total. The van der Waals surface area contributed by atoms with Gasteiger partial charge in [0, 0.05) is 24.2 Å². The summed E-state index contributed by atoms with van der Waals surface area (Å²) in [5, 5.41) is 9.64. The number of fused-ring (bicyclic) bond motifs is 1. The molecule has 2 aromatic heterocycles. The minimum atomic E-state index is -1.11. The quantitative estimate of drug-likeness (QED) is 0.865. The van der Waals surface area contributed by atoms with E-state index in [9.17, 15) is 14.7 Å². The summed E-state index contributed by atoms with van der Waals surface area (Å²) in [6.07, 6.45) is 0. The molecule has 1 fully saturated rings. The highest BCUT2D eigenvalue weighted by molar-refractivity contribution is 7.21. The van der Waals surface area contributed by atoms with E-state index in [0.717, 1.165) is 11.3 Å². The Labute approximate surface area is 130 Å². The van der Waals surface area contributed by atoms with Gasteiger partial charge in [0.1, 0.15) is 9.71 Å². The number of thiophene rings is 1. The Kier molecular flexibility index (Phi) is 3.71. The van der Waals surface area contributed by atoms with Crippen LogP contribution in [0.5, 0.6) is 0 Å². The fraction of sp³-hybridized carbons (Fsp3) is 0.357. The standard InChI is InChI=1S/C14H15N3O4S/c1-7-6-8(13(18)17-2-4-21-5-3-17)9-10(15)11(14(19)20)22-12(9)16-7/h6H,2-5,15H2,1H3,(H,19,20). The number of morpholine rings is 1. The van der Waals surface area contributed by atoms with Crippen molar-refractivity contribution in [2.75, 3.05) is 32.0 Å². The van der Waals surface area contributed by atoms with Crippen LogP contribution < -0.4 is 5.73 Å². The second-order valence-electron chi connectivity index (χ2n) is 5.05. The first-order valence-corrected chi connectivity index (χ1v) is 7.60. The molecule has 7 nitrogen and oxygen atoms in total. The average Bonchev–Trinajstić information content (AvgIpc) is 2.83. The van der Waals surface area contributed by atoms with Crippen molar-refractivity contribution < 1.29 is 19.4 Å². The molecule has 116 valence electrons. The number of rotatable bonds is 2. The van der Waals surface area contributed by atoms with E-state index in [1.54, 1.807) is 17.9 Å². The van der Waals surface area contributed by atoms with Crippen molar-refractivity contribution in [2.24, 2.45) is 0 Å². The third-order valence-electron chi connectivity index (χ3n) is 3.55. The molecule has 22 heavy (non-hydrogen) atoms. The molecule has 0 spiro atoms. The number of aromatic nitrogens is 1. The van der Waals surface area contributed by atoms with Gasteiger partial charge in [0.25, 0.3) is 5.91 Å². The van der Waals surface area contributed by atoms with Crippen LogP contribution in [0.15, 0.2) is 6.07 Å². The number of anilines is 1. The molecule has 3 heterocycles. The predicted molar refractivity (Wildman–Crippen MR) is 82.5 cm³/mol. The number of amides is 1. The lowest BCUT2D eigenvalue weighted by atomic mass is 10.1. The SMILES string of the molecule is Cc1cc(C(=O)N2CCOCC2)c2c(N)c(C(=O)O)sc2n1. The molecule has 0 radical (unpaired) electrons. The van der Waals surface area contributed by atoms with Crippen molar-refractivity contribution in [2.45, 2.75) is 6.92 Å². The van der Waals surface area contributed by atoms with E-state index in [4.69, 9.17) is 10.5 Å². The van der Waals surface area contributed by atoms with Gasteiger partial charge in [-0.25, -0.2) is 9.78 Å². The van der Waals surface area contributed by atoms with E-state index in [1.165, 1.54) is 0 Å². The van der Waals surface area contributed by atoms with Crippen molar-refractivity contribution in [3.8, 4) is 0 Å². The van der Waals surface area contributed by atoms with Crippen molar-refractivity contribution in [1.29, 1.82) is 0 Å². The molecule has 0 saturated carbocycles. The van der Waals surface area contributed by atoms with E-state index in [0.29, 0.717) is 47.8 Å². The number of pyridine rings is 1. The van der Waals surface area contributed by atoms with E-state index in [1.807, 2.05) is 0 Å². The number of ether oxygens (including phenoxy) is 1. The molecule has 1 saturated heterocycles. The molecular weight excluding hydrogens is 306 g/mol. The van der Waals surface area contributed by atoms with Crippen LogP contribution in [0.1, 0.15) is 25.7 Å². The second kappa shape index (κ2) is 5.54. The molecule has 3 rings (SSSR count).